The van der Waals surface area contributed by atoms with Gasteiger partial charge in [-0.05, 0) is 36.6 Å². The molecule has 5 nitrogen and oxygen atoms in total. The molecule has 27 heavy (non-hydrogen) atoms. The molecule has 0 aliphatic carbocycles. The molecule has 4 rings (SSSR count). The number of hydrogen-bond donors (Lipinski definition) is 0. The molecule has 2 aliphatic rings. The lowest BCUT2D eigenvalue weighted by atomic mass is 10.1. The Morgan fingerprint density at radius 2 is 1.89 bits per heavy atom. The zero-order valence-electron chi connectivity index (χ0n) is 15.4. The largest absolute Gasteiger partial charge is 0.486 e. The fourth-order valence-corrected chi connectivity index (χ4v) is 3.96. The summed E-state index contributed by atoms with van der Waals surface area (Å²) in [5.41, 5.74) is 2.87. The monoisotopic (exact) mass is 386 g/mol. The highest BCUT2D eigenvalue weighted by Crippen LogP contribution is 2.38. The van der Waals surface area contributed by atoms with Gasteiger partial charge in [-0.3, -0.25) is 4.79 Å². The molecule has 0 spiro atoms. The summed E-state index contributed by atoms with van der Waals surface area (Å²) in [5.74, 6) is 0.953. The second kappa shape index (κ2) is 7.69. The molecule has 0 saturated carbocycles. The Balaban J connectivity index is 1.55. The van der Waals surface area contributed by atoms with Crippen molar-refractivity contribution in [3.8, 4) is 11.5 Å². The van der Waals surface area contributed by atoms with E-state index in [1.165, 1.54) is 18.5 Å². The molecule has 0 N–H and O–H groups in total. The summed E-state index contributed by atoms with van der Waals surface area (Å²) >= 11 is 6.29. The number of carbonyl (C=O) groups is 1. The van der Waals surface area contributed by atoms with Gasteiger partial charge in [-0.2, -0.15) is 0 Å². The summed E-state index contributed by atoms with van der Waals surface area (Å²) < 4.78 is 11.1. The molecule has 6 heteroatoms. The molecule has 2 heterocycles. The second-order valence-corrected chi connectivity index (χ2v) is 7.37. The summed E-state index contributed by atoms with van der Waals surface area (Å²) in [6.45, 7) is 3.61. The van der Waals surface area contributed by atoms with Crippen molar-refractivity contribution in [3.63, 3.8) is 0 Å². The number of amides is 1. The van der Waals surface area contributed by atoms with Gasteiger partial charge in [-0.1, -0.05) is 29.8 Å². The van der Waals surface area contributed by atoms with Crippen LogP contribution in [0.1, 0.15) is 28.8 Å². The zero-order valence-corrected chi connectivity index (χ0v) is 16.2. The van der Waals surface area contributed by atoms with Crippen LogP contribution in [0, 0.1) is 0 Å². The standard InChI is InChI=1S/C21H23ClN2O3/c1-23(14-15-6-2-3-7-18(15)24-8-4-5-9-24)21(25)16-12-17(22)20-19(13-16)26-10-11-27-20/h2-3,6-7,12-13H,4-5,8-11,14H2,1H3. The number of rotatable bonds is 4. The third-order valence-electron chi connectivity index (χ3n) is 5.04. The van der Waals surface area contributed by atoms with Gasteiger partial charge in [0.25, 0.3) is 5.91 Å². The first kappa shape index (κ1) is 18.0. The van der Waals surface area contributed by atoms with Gasteiger partial charge in [0.1, 0.15) is 13.2 Å². The van der Waals surface area contributed by atoms with Gasteiger partial charge in [-0.15, -0.1) is 0 Å². The molecule has 1 amide bonds. The van der Waals surface area contributed by atoms with E-state index in [1.54, 1.807) is 17.0 Å². The smallest absolute Gasteiger partial charge is 0.254 e. The first-order valence-corrected chi connectivity index (χ1v) is 9.69. The van der Waals surface area contributed by atoms with Crippen molar-refractivity contribution in [2.24, 2.45) is 0 Å². The van der Waals surface area contributed by atoms with E-state index in [1.807, 2.05) is 13.1 Å². The molecule has 1 saturated heterocycles. The number of halogens is 1. The highest BCUT2D eigenvalue weighted by Gasteiger charge is 2.22. The molecule has 0 unspecified atom stereocenters. The van der Waals surface area contributed by atoms with Crippen molar-refractivity contribution < 1.29 is 14.3 Å². The van der Waals surface area contributed by atoms with Crippen LogP contribution in [0.4, 0.5) is 5.69 Å². The Morgan fingerprint density at radius 1 is 1.15 bits per heavy atom. The summed E-state index contributed by atoms with van der Waals surface area (Å²) in [6.07, 6.45) is 2.44. The average Bonchev–Trinajstić information content (AvgIpc) is 3.22. The Bertz CT molecular complexity index is 849. The van der Waals surface area contributed by atoms with Crippen LogP contribution in [0.3, 0.4) is 0 Å². The van der Waals surface area contributed by atoms with E-state index in [2.05, 4.69) is 23.1 Å². The van der Waals surface area contributed by atoms with Gasteiger partial charge < -0.3 is 19.3 Å². The van der Waals surface area contributed by atoms with Crippen LogP contribution in [-0.4, -0.2) is 44.2 Å². The third-order valence-corrected chi connectivity index (χ3v) is 5.32. The second-order valence-electron chi connectivity index (χ2n) is 6.97. The molecule has 1 fully saturated rings. The van der Waals surface area contributed by atoms with Crippen molar-refractivity contribution in [1.82, 2.24) is 4.90 Å². The predicted octanol–water partition coefficient (Wildman–Crippen LogP) is 3.98. The SMILES string of the molecule is CN(Cc1ccccc1N1CCCC1)C(=O)c1cc(Cl)c2c(c1)OCCO2. The molecule has 2 aromatic rings. The van der Waals surface area contributed by atoms with E-state index in [-0.39, 0.29) is 5.91 Å². The van der Waals surface area contributed by atoms with Gasteiger partial charge in [-0.25, -0.2) is 0 Å². The Kier molecular flexibility index (Phi) is 5.12. The molecule has 142 valence electrons. The number of fused-ring (bicyclic) bond motifs is 1. The predicted molar refractivity (Wildman–Crippen MR) is 106 cm³/mol. The zero-order chi connectivity index (χ0) is 18.8. The number of nitrogens with zero attached hydrogens (tertiary/aromatic N) is 2. The maximum atomic E-state index is 13.0. The topological polar surface area (TPSA) is 42.0 Å². The van der Waals surface area contributed by atoms with Crippen LogP contribution in [-0.2, 0) is 6.54 Å². The van der Waals surface area contributed by atoms with Gasteiger partial charge in [0.05, 0.1) is 5.02 Å². The number of ether oxygens (including phenoxy) is 2. The molecule has 0 bridgehead atoms. The molecular weight excluding hydrogens is 364 g/mol. The van der Waals surface area contributed by atoms with E-state index in [4.69, 9.17) is 21.1 Å². The van der Waals surface area contributed by atoms with E-state index < -0.39 is 0 Å². The van der Waals surface area contributed by atoms with Crippen molar-refractivity contribution in [2.45, 2.75) is 19.4 Å². The summed E-state index contributed by atoms with van der Waals surface area (Å²) in [6, 6.07) is 11.7. The Labute approximate surface area is 164 Å². The van der Waals surface area contributed by atoms with Gasteiger partial charge in [0, 0.05) is 37.9 Å². The van der Waals surface area contributed by atoms with Crippen LogP contribution in [0.25, 0.3) is 0 Å². The van der Waals surface area contributed by atoms with E-state index >= 15 is 0 Å². The molecule has 2 aromatic carbocycles. The molecular formula is C21H23ClN2O3. The molecule has 0 aromatic heterocycles. The highest BCUT2D eigenvalue weighted by molar-refractivity contribution is 6.32. The summed E-state index contributed by atoms with van der Waals surface area (Å²) in [4.78, 5) is 17.1. The van der Waals surface area contributed by atoms with Gasteiger partial charge in [0.15, 0.2) is 11.5 Å². The lowest BCUT2D eigenvalue weighted by Crippen LogP contribution is -2.28. The Morgan fingerprint density at radius 3 is 2.70 bits per heavy atom. The van der Waals surface area contributed by atoms with Crippen LogP contribution >= 0.6 is 11.6 Å². The number of anilines is 1. The first-order chi connectivity index (χ1) is 13.1. The maximum absolute atomic E-state index is 13.0. The highest BCUT2D eigenvalue weighted by atomic mass is 35.5. The van der Waals surface area contributed by atoms with Crippen molar-refractivity contribution in [3.05, 3.63) is 52.5 Å². The average molecular weight is 387 g/mol. The van der Waals surface area contributed by atoms with Gasteiger partial charge in [0.2, 0.25) is 0 Å². The lowest BCUT2D eigenvalue weighted by molar-refractivity contribution is 0.0784. The summed E-state index contributed by atoms with van der Waals surface area (Å²) in [5, 5.41) is 0.404. The number of hydrogen-bond acceptors (Lipinski definition) is 4. The van der Waals surface area contributed by atoms with E-state index in [0.29, 0.717) is 41.8 Å². The molecule has 0 radical (unpaired) electrons. The third kappa shape index (κ3) is 3.69. The first-order valence-electron chi connectivity index (χ1n) is 9.31. The molecule has 2 aliphatic heterocycles. The minimum atomic E-state index is -0.0925. The Hall–Kier alpha value is -2.40. The van der Waals surface area contributed by atoms with Crippen molar-refractivity contribution >= 4 is 23.2 Å². The number of para-hydroxylation sites is 1. The maximum Gasteiger partial charge on any atom is 0.254 e. The minimum Gasteiger partial charge on any atom is -0.486 e. The fraction of sp³-hybridized carbons (Fsp3) is 0.381. The van der Waals surface area contributed by atoms with E-state index in [9.17, 15) is 4.79 Å². The number of benzene rings is 2. The van der Waals surface area contributed by atoms with Crippen LogP contribution < -0.4 is 14.4 Å². The van der Waals surface area contributed by atoms with Crippen molar-refractivity contribution in [1.29, 1.82) is 0 Å². The normalized spacial score (nSPS) is 15.7. The number of carbonyl (C=O) groups excluding carboxylic acids is 1. The quantitative estimate of drug-likeness (QED) is 0.797. The van der Waals surface area contributed by atoms with Crippen LogP contribution in [0.15, 0.2) is 36.4 Å². The minimum absolute atomic E-state index is 0.0925. The fourth-order valence-electron chi connectivity index (χ4n) is 3.69. The summed E-state index contributed by atoms with van der Waals surface area (Å²) in [7, 11) is 1.81. The van der Waals surface area contributed by atoms with E-state index in [0.717, 1.165) is 18.7 Å². The lowest BCUT2D eigenvalue weighted by Gasteiger charge is -2.25. The molecule has 0 atom stereocenters. The van der Waals surface area contributed by atoms with Gasteiger partial charge >= 0.3 is 0 Å². The van der Waals surface area contributed by atoms with Crippen LogP contribution in [0.5, 0.6) is 11.5 Å². The van der Waals surface area contributed by atoms with Crippen LogP contribution in [0.2, 0.25) is 5.02 Å². The van der Waals surface area contributed by atoms with Crippen molar-refractivity contribution in [2.75, 3.05) is 38.3 Å².